The number of anilines is 1. The van der Waals surface area contributed by atoms with Crippen LogP contribution in [0.4, 0.5) is 5.69 Å². The van der Waals surface area contributed by atoms with Gasteiger partial charge in [0.15, 0.2) is 6.61 Å². The first kappa shape index (κ1) is 22.2. The van der Waals surface area contributed by atoms with E-state index in [2.05, 4.69) is 5.32 Å². The zero-order chi connectivity index (χ0) is 23.7. The first-order valence-electron chi connectivity index (χ1n) is 10.7. The fraction of sp³-hybridized carbons (Fsp3) is 0.231. The van der Waals surface area contributed by atoms with Gasteiger partial charge in [0.05, 0.1) is 11.3 Å². The molecule has 3 aromatic rings. The Labute approximate surface area is 191 Å². The molecule has 4 rings (SSSR count). The molecule has 0 saturated heterocycles. The van der Waals surface area contributed by atoms with Crippen LogP contribution in [0.3, 0.4) is 0 Å². The Morgan fingerprint density at radius 3 is 2.00 bits per heavy atom. The lowest BCUT2D eigenvalue weighted by Crippen LogP contribution is -2.40. The number of nitrogens with one attached hydrogen (secondary N) is 1. The first-order valence-corrected chi connectivity index (χ1v) is 10.7. The Hall–Kier alpha value is -4.00. The van der Waals surface area contributed by atoms with Crippen LogP contribution in [0.15, 0.2) is 60.7 Å². The average molecular weight is 444 g/mol. The van der Waals surface area contributed by atoms with Crippen LogP contribution >= 0.6 is 0 Å². The molecule has 0 radical (unpaired) electrons. The number of rotatable bonds is 6. The predicted octanol–water partition coefficient (Wildman–Crippen LogP) is 3.96. The summed E-state index contributed by atoms with van der Waals surface area (Å²) in [6, 6.07) is 16.6. The quantitative estimate of drug-likeness (QED) is 0.459. The van der Waals surface area contributed by atoms with Crippen molar-refractivity contribution >= 4 is 40.2 Å². The van der Waals surface area contributed by atoms with E-state index < -0.39 is 17.8 Å². The first-order chi connectivity index (χ1) is 15.8. The summed E-state index contributed by atoms with van der Waals surface area (Å²) < 4.78 is 5.08. The molecule has 0 spiro atoms. The Morgan fingerprint density at radius 1 is 0.879 bits per heavy atom. The minimum absolute atomic E-state index is 0.0360. The van der Waals surface area contributed by atoms with E-state index in [-0.39, 0.29) is 30.0 Å². The maximum absolute atomic E-state index is 13.1. The van der Waals surface area contributed by atoms with Crippen molar-refractivity contribution in [2.24, 2.45) is 5.92 Å². The number of hydrogen-bond acceptors (Lipinski definition) is 5. The van der Waals surface area contributed by atoms with Gasteiger partial charge in [-0.15, -0.1) is 0 Å². The molecule has 0 aliphatic carbocycles. The van der Waals surface area contributed by atoms with Crippen molar-refractivity contribution in [3.63, 3.8) is 0 Å². The molecular formula is C26H24N2O5. The lowest BCUT2D eigenvalue weighted by Gasteiger charge is -2.27. The number of ether oxygens (including phenoxy) is 1. The molecule has 7 nitrogen and oxygen atoms in total. The molecule has 3 aromatic carbocycles. The van der Waals surface area contributed by atoms with Gasteiger partial charge in [0.1, 0.15) is 0 Å². The van der Waals surface area contributed by atoms with Gasteiger partial charge in [0.2, 0.25) is 0 Å². The van der Waals surface area contributed by atoms with Crippen molar-refractivity contribution in [1.82, 2.24) is 5.32 Å². The number of hydrogen-bond donors (Lipinski definition) is 1. The summed E-state index contributed by atoms with van der Waals surface area (Å²) in [7, 11) is 0. The van der Waals surface area contributed by atoms with Gasteiger partial charge in [-0.25, -0.2) is 9.69 Å². The number of benzene rings is 3. The highest BCUT2D eigenvalue weighted by Crippen LogP contribution is 2.32. The highest BCUT2D eigenvalue weighted by Gasteiger charge is 2.33. The predicted molar refractivity (Wildman–Crippen MR) is 124 cm³/mol. The zero-order valence-corrected chi connectivity index (χ0v) is 18.6. The van der Waals surface area contributed by atoms with Crippen molar-refractivity contribution in [2.45, 2.75) is 26.8 Å². The van der Waals surface area contributed by atoms with Crippen LogP contribution in [0.1, 0.15) is 51.8 Å². The molecule has 1 N–H and O–H groups in total. The Kier molecular flexibility index (Phi) is 5.96. The van der Waals surface area contributed by atoms with Gasteiger partial charge in [0.25, 0.3) is 17.7 Å². The number of amides is 3. The minimum Gasteiger partial charge on any atom is -0.452 e. The molecule has 3 amide bonds. The third-order valence-corrected chi connectivity index (χ3v) is 5.86. The second-order valence-corrected chi connectivity index (χ2v) is 8.38. The van der Waals surface area contributed by atoms with Crippen molar-refractivity contribution in [3.8, 4) is 0 Å². The monoisotopic (exact) mass is 444 g/mol. The van der Waals surface area contributed by atoms with Gasteiger partial charge >= 0.3 is 5.97 Å². The molecule has 1 atom stereocenters. The maximum Gasteiger partial charge on any atom is 0.338 e. The second kappa shape index (κ2) is 8.86. The summed E-state index contributed by atoms with van der Waals surface area (Å²) in [5, 5.41) is 4.25. The summed E-state index contributed by atoms with van der Waals surface area (Å²) in [6.07, 6.45) is 0. The molecule has 33 heavy (non-hydrogen) atoms. The lowest BCUT2D eigenvalue weighted by molar-refractivity contribution is -0.125. The largest absolute Gasteiger partial charge is 0.452 e. The molecule has 1 heterocycles. The van der Waals surface area contributed by atoms with Crippen LogP contribution in [-0.2, 0) is 9.53 Å². The van der Waals surface area contributed by atoms with Crippen LogP contribution in [0.25, 0.3) is 10.8 Å². The summed E-state index contributed by atoms with van der Waals surface area (Å²) in [5.41, 5.74) is 1.46. The molecule has 0 unspecified atom stereocenters. The van der Waals surface area contributed by atoms with Crippen LogP contribution in [-0.4, -0.2) is 36.3 Å². The van der Waals surface area contributed by atoms with Gasteiger partial charge in [-0.2, -0.15) is 0 Å². The van der Waals surface area contributed by atoms with Gasteiger partial charge < -0.3 is 10.1 Å². The molecule has 1 aliphatic rings. The average Bonchev–Trinajstić information content (AvgIpc) is 2.81. The summed E-state index contributed by atoms with van der Waals surface area (Å²) in [6.45, 7) is 5.46. The van der Waals surface area contributed by atoms with E-state index in [9.17, 15) is 19.2 Å². The van der Waals surface area contributed by atoms with Gasteiger partial charge in [-0.1, -0.05) is 38.1 Å². The summed E-state index contributed by atoms with van der Waals surface area (Å²) >= 11 is 0. The van der Waals surface area contributed by atoms with Crippen LogP contribution in [0.5, 0.6) is 0 Å². The van der Waals surface area contributed by atoms with Crippen LogP contribution in [0, 0.1) is 5.92 Å². The molecule has 0 saturated carbocycles. The fourth-order valence-electron chi connectivity index (χ4n) is 3.69. The fourth-order valence-corrected chi connectivity index (χ4v) is 3.69. The molecule has 7 heteroatoms. The van der Waals surface area contributed by atoms with Gasteiger partial charge in [-0.05, 0) is 54.6 Å². The van der Waals surface area contributed by atoms with E-state index in [1.165, 1.54) is 24.3 Å². The van der Waals surface area contributed by atoms with E-state index in [0.717, 1.165) is 10.3 Å². The topological polar surface area (TPSA) is 92.8 Å². The van der Waals surface area contributed by atoms with Crippen molar-refractivity contribution in [2.75, 3.05) is 11.5 Å². The van der Waals surface area contributed by atoms with E-state index in [4.69, 9.17) is 4.74 Å². The second-order valence-electron chi connectivity index (χ2n) is 8.38. The molecular weight excluding hydrogens is 420 g/mol. The van der Waals surface area contributed by atoms with Gasteiger partial charge in [0, 0.05) is 22.6 Å². The third kappa shape index (κ3) is 4.22. The van der Waals surface area contributed by atoms with Gasteiger partial charge in [-0.3, -0.25) is 14.4 Å². The maximum atomic E-state index is 13.1. The Balaban J connectivity index is 1.49. The highest BCUT2D eigenvalue weighted by atomic mass is 16.5. The SMILES string of the molecule is CC(C)[C@H](C)NC(=O)COC(=O)c1ccc(N2C(=O)c3cccc4cccc(c34)C2=O)cc1. The highest BCUT2D eigenvalue weighted by molar-refractivity contribution is 6.35. The lowest BCUT2D eigenvalue weighted by atomic mass is 9.94. The third-order valence-electron chi connectivity index (χ3n) is 5.86. The summed E-state index contributed by atoms with van der Waals surface area (Å²) in [5.74, 6) is -1.62. The normalized spacial score (nSPS) is 13.9. The van der Waals surface area contributed by atoms with Crippen molar-refractivity contribution in [1.29, 1.82) is 0 Å². The number of imide groups is 1. The zero-order valence-electron chi connectivity index (χ0n) is 18.6. The van der Waals surface area contributed by atoms with Crippen molar-refractivity contribution in [3.05, 3.63) is 77.4 Å². The Bertz CT molecular complexity index is 1210. The smallest absolute Gasteiger partial charge is 0.338 e. The molecule has 0 fully saturated rings. The molecule has 0 aromatic heterocycles. The van der Waals surface area contributed by atoms with Crippen molar-refractivity contribution < 1.29 is 23.9 Å². The Morgan fingerprint density at radius 2 is 1.45 bits per heavy atom. The molecule has 0 bridgehead atoms. The van der Waals surface area contributed by atoms with Crippen LogP contribution < -0.4 is 10.2 Å². The van der Waals surface area contributed by atoms with E-state index >= 15 is 0 Å². The van der Waals surface area contributed by atoms with E-state index in [0.29, 0.717) is 22.2 Å². The number of nitrogens with zero attached hydrogens (tertiary/aromatic N) is 1. The molecule has 1 aliphatic heterocycles. The molecule has 168 valence electrons. The number of carbonyl (C=O) groups is 4. The minimum atomic E-state index is -0.666. The standard InChI is InChI=1S/C26H24N2O5/c1-15(2)16(3)27-22(29)14-33-26(32)18-10-12-19(13-11-18)28-24(30)20-8-4-6-17-7-5-9-21(23(17)20)25(28)31/h4-13,15-16H,14H2,1-3H3,(H,27,29)/t16-/m0/s1. The number of carbonyl (C=O) groups excluding carboxylic acids is 4. The van der Waals surface area contributed by atoms with E-state index in [1.54, 1.807) is 24.3 Å². The summed E-state index contributed by atoms with van der Waals surface area (Å²) in [4.78, 5) is 51.6. The van der Waals surface area contributed by atoms with E-state index in [1.807, 2.05) is 32.9 Å². The van der Waals surface area contributed by atoms with Crippen LogP contribution in [0.2, 0.25) is 0 Å². The number of esters is 1.